The molecule has 114 valence electrons. The molecule has 2 aromatic carbocycles. The first-order valence-corrected chi connectivity index (χ1v) is 5.67. The van der Waals surface area contributed by atoms with Crippen molar-refractivity contribution in [3.63, 3.8) is 0 Å². The molecule has 2 aromatic rings. The van der Waals surface area contributed by atoms with Crippen LogP contribution in [0.3, 0.4) is 0 Å². The van der Waals surface area contributed by atoms with Gasteiger partial charge in [0, 0.05) is 0 Å². The van der Waals surface area contributed by atoms with E-state index in [1.807, 2.05) is 0 Å². The van der Waals surface area contributed by atoms with Gasteiger partial charge in [-0.15, -0.1) is 0 Å². The van der Waals surface area contributed by atoms with Crippen LogP contribution in [0.5, 0.6) is 0 Å². The summed E-state index contributed by atoms with van der Waals surface area (Å²) in [6.45, 7) is 0. The molecule has 0 radical (unpaired) electrons. The van der Waals surface area contributed by atoms with Crippen LogP contribution in [-0.2, 0) is 4.74 Å². The maximum absolute atomic E-state index is 13.4. The first-order chi connectivity index (χ1) is 10.3. The van der Waals surface area contributed by atoms with Crippen molar-refractivity contribution in [2.45, 2.75) is 0 Å². The van der Waals surface area contributed by atoms with Gasteiger partial charge in [0.2, 0.25) is 5.82 Å². The van der Waals surface area contributed by atoms with Crippen LogP contribution < -0.4 is 0 Å². The second kappa shape index (κ2) is 5.92. The van der Waals surface area contributed by atoms with Gasteiger partial charge in [-0.25, -0.2) is 31.5 Å². The zero-order valence-electron chi connectivity index (χ0n) is 10.5. The van der Waals surface area contributed by atoms with E-state index >= 15 is 0 Å². The minimum Gasteiger partial charge on any atom is -0.386 e. The summed E-state index contributed by atoms with van der Waals surface area (Å²) in [5, 5.41) is 0. The summed E-state index contributed by atoms with van der Waals surface area (Å²) >= 11 is 0. The molecule has 0 aliphatic rings. The largest absolute Gasteiger partial charge is 0.386 e. The van der Waals surface area contributed by atoms with E-state index in [4.69, 9.17) is 0 Å². The fraction of sp³-hybridized carbons (Fsp3) is 0. The lowest BCUT2D eigenvalue weighted by atomic mass is 10.1. The minimum atomic E-state index is -2.42. The van der Waals surface area contributed by atoms with Gasteiger partial charge < -0.3 is 4.74 Å². The number of carbonyl (C=O) groups is 2. The number of esters is 2. The molecule has 0 N–H and O–H groups in total. The average Bonchev–Trinajstić information content (AvgIpc) is 2.52. The SMILES string of the molecule is O=C(OC(=O)c1c(F)c(F)c(F)c(F)c1F)c1ccccc1. The highest BCUT2D eigenvalue weighted by molar-refractivity contribution is 6.02. The van der Waals surface area contributed by atoms with Gasteiger partial charge in [0.15, 0.2) is 23.3 Å². The molecule has 0 heterocycles. The highest BCUT2D eigenvalue weighted by Crippen LogP contribution is 2.23. The molecule has 0 saturated heterocycles. The summed E-state index contributed by atoms with van der Waals surface area (Å²) in [7, 11) is 0. The van der Waals surface area contributed by atoms with Crippen LogP contribution in [-0.4, -0.2) is 11.9 Å². The van der Waals surface area contributed by atoms with E-state index in [2.05, 4.69) is 4.74 Å². The molecule has 0 fully saturated rings. The van der Waals surface area contributed by atoms with Gasteiger partial charge >= 0.3 is 11.9 Å². The van der Waals surface area contributed by atoms with Gasteiger partial charge in [0.25, 0.3) is 0 Å². The van der Waals surface area contributed by atoms with Crippen LogP contribution in [0.25, 0.3) is 0 Å². The maximum atomic E-state index is 13.4. The van der Waals surface area contributed by atoms with Crippen LogP contribution in [0.2, 0.25) is 0 Å². The van der Waals surface area contributed by atoms with Crippen molar-refractivity contribution in [1.29, 1.82) is 0 Å². The highest BCUT2D eigenvalue weighted by Gasteiger charge is 2.31. The van der Waals surface area contributed by atoms with Crippen molar-refractivity contribution >= 4 is 11.9 Å². The third-order valence-corrected chi connectivity index (χ3v) is 2.61. The van der Waals surface area contributed by atoms with Crippen molar-refractivity contribution in [2.24, 2.45) is 0 Å². The first-order valence-electron chi connectivity index (χ1n) is 5.67. The molecule has 0 bridgehead atoms. The fourth-order valence-electron chi connectivity index (χ4n) is 1.55. The molecule has 2 rings (SSSR count). The van der Waals surface area contributed by atoms with E-state index in [0.29, 0.717) is 0 Å². The normalized spacial score (nSPS) is 10.4. The highest BCUT2D eigenvalue weighted by atomic mass is 19.2. The van der Waals surface area contributed by atoms with E-state index in [0.717, 1.165) is 0 Å². The van der Waals surface area contributed by atoms with Crippen molar-refractivity contribution in [2.75, 3.05) is 0 Å². The zero-order chi connectivity index (χ0) is 16.4. The predicted molar refractivity (Wildman–Crippen MR) is 62.4 cm³/mol. The predicted octanol–water partition coefficient (Wildman–Crippen LogP) is 3.38. The van der Waals surface area contributed by atoms with Crippen LogP contribution in [0.15, 0.2) is 30.3 Å². The van der Waals surface area contributed by atoms with Crippen LogP contribution in [0.4, 0.5) is 22.0 Å². The van der Waals surface area contributed by atoms with E-state index in [1.54, 1.807) is 6.07 Å². The minimum absolute atomic E-state index is 0.139. The fourth-order valence-corrected chi connectivity index (χ4v) is 1.55. The van der Waals surface area contributed by atoms with Gasteiger partial charge in [-0.2, -0.15) is 0 Å². The van der Waals surface area contributed by atoms with Gasteiger partial charge in [-0.3, -0.25) is 0 Å². The molecule has 22 heavy (non-hydrogen) atoms. The molecule has 0 atom stereocenters. The van der Waals surface area contributed by atoms with Crippen molar-refractivity contribution < 1.29 is 36.3 Å². The Morgan fingerprint density at radius 3 is 1.64 bits per heavy atom. The lowest BCUT2D eigenvalue weighted by Gasteiger charge is -2.07. The number of benzene rings is 2. The van der Waals surface area contributed by atoms with Crippen LogP contribution in [0.1, 0.15) is 20.7 Å². The second-order valence-corrected chi connectivity index (χ2v) is 3.99. The van der Waals surface area contributed by atoms with E-state index in [9.17, 15) is 31.5 Å². The average molecular weight is 316 g/mol. The Kier molecular flexibility index (Phi) is 4.20. The number of halogens is 5. The Balaban J connectivity index is 2.37. The van der Waals surface area contributed by atoms with Gasteiger partial charge in [-0.05, 0) is 12.1 Å². The molecule has 0 unspecified atom stereocenters. The van der Waals surface area contributed by atoms with Crippen LogP contribution >= 0.6 is 0 Å². The summed E-state index contributed by atoms with van der Waals surface area (Å²) in [5.74, 6) is -15.1. The molecular formula is C14H5F5O3. The summed E-state index contributed by atoms with van der Waals surface area (Å²) < 4.78 is 69.6. The number of carbonyl (C=O) groups excluding carboxylic acids is 2. The quantitative estimate of drug-likeness (QED) is 0.280. The maximum Gasteiger partial charge on any atom is 0.352 e. The zero-order valence-corrected chi connectivity index (χ0v) is 10.5. The van der Waals surface area contributed by atoms with Gasteiger partial charge in [0.1, 0.15) is 5.56 Å². The topological polar surface area (TPSA) is 43.4 Å². The van der Waals surface area contributed by atoms with Crippen molar-refractivity contribution in [3.05, 3.63) is 70.5 Å². The van der Waals surface area contributed by atoms with E-state index in [1.165, 1.54) is 24.3 Å². The molecule has 0 amide bonds. The summed E-state index contributed by atoms with van der Waals surface area (Å²) in [6, 6.07) is 6.84. The van der Waals surface area contributed by atoms with Gasteiger partial charge in [-0.1, -0.05) is 18.2 Å². The summed E-state index contributed by atoms with van der Waals surface area (Å²) in [4.78, 5) is 23.0. The first kappa shape index (κ1) is 15.6. The third kappa shape index (κ3) is 2.67. The standard InChI is InChI=1S/C14H5F5O3/c15-8-7(9(16)11(18)12(19)10(8)17)14(21)22-13(20)6-4-2-1-3-5-6/h1-5H. The molecule has 0 aliphatic carbocycles. The Hall–Kier alpha value is -2.77. The molecule has 0 saturated carbocycles. The Labute approximate surface area is 119 Å². The Morgan fingerprint density at radius 2 is 1.14 bits per heavy atom. The molecule has 3 nitrogen and oxygen atoms in total. The smallest absolute Gasteiger partial charge is 0.352 e. The molecule has 8 heteroatoms. The number of hydrogen-bond acceptors (Lipinski definition) is 3. The lowest BCUT2D eigenvalue weighted by molar-refractivity contribution is 0.0389. The van der Waals surface area contributed by atoms with E-state index < -0.39 is 46.6 Å². The van der Waals surface area contributed by atoms with Crippen molar-refractivity contribution in [1.82, 2.24) is 0 Å². The number of hydrogen-bond donors (Lipinski definition) is 0. The van der Waals surface area contributed by atoms with Crippen molar-refractivity contribution in [3.8, 4) is 0 Å². The monoisotopic (exact) mass is 316 g/mol. The molecular weight excluding hydrogens is 311 g/mol. The summed E-state index contributed by atoms with van der Waals surface area (Å²) in [6.07, 6.45) is 0. The van der Waals surface area contributed by atoms with E-state index in [-0.39, 0.29) is 5.56 Å². The molecule has 0 aromatic heterocycles. The Morgan fingerprint density at radius 1 is 0.682 bits per heavy atom. The lowest BCUT2D eigenvalue weighted by Crippen LogP contribution is -2.18. The molecule has 0 aliphatic heterocycles. The second-order valence-electron chi connectivity index (χ2n) is 3.99. The Bertz CT molecular complexity index is 730. The number of ether oxygens (including phenoxy) is 1. The number of rotatable bonds is 2. The van der Waals surface area contributed by atoms with Crippen LogP contribution in [0, 0.1) is 29.1 Å². The third-order valence-electron chi connectivity index (χ3n) is 2.61. The summed E-state index contributed by atoms with van der Waals surface area (Å²) in [5.41, 5.74) is -1.97. The van der Waals surface area contributed by atoms with Gasteiger partial charge in [0.05, 0.1) is 5.56 Å². The molecule has 0 spiro atoms.